The number of nitrogens with zero attached hydrogens (tertiary/aromatic N) is 3. The molecular formula is C20H28BrN3O3. The number of piperidine rings is 1. The van der Waals surface area contributed by atoms with Crippen LogP contribution in [0, 0.1) is 5.92 Å². The zero-order valence-corrected chi connectivity index (χ0v) is 17.5. The fourth-order valence-corrected chi connectivity index (χ4v) is 4.10. The van der Waals surface area contributed by atoms with Crippen molar-refractivity contribution in [3.8, 4) is 0 Å². The summed E-state index contributed by atoms with van der Waals surface area (Å²) in [5.74, 6) is 0.294. The fourth-order valence-electron chi connectivity index (χ4n) is 3.83. The number of benzene rings is 1. The van der Waals surface area contributed by atoms with Crippen molar-refractivity contribution < 1.29 is 14.3 Å². The van der Waals surface area contributed by atoms with E-state index in [9.17, 15) is 9.59 Å². The Bertz CT molecular complexity index is 644. The van der Waals surface area contributed by atoms with E-state index in [1.807, 2.05) is 4.90 Å². The third-order valence-electron chi connectivity index (χ3n) is 5.29. The number of hydrogen-bond donors (Lipinski definition) is 0. The molecule has 2 saturated heterocycles. The van der Waals surface area contributed by atoms with Crippen molar-refractivity contribution in [2.75, 3.05) is 45.9 Å². The minimum atomic E-state index is -0.275. The quantitative estimate of drug-likeness (QED) is 0.726. The molecule has 1 aromatic rings. The third kappa shape index (κ3) is 5.45. The van der Waals surface area contributed by atoms with Gasteiger partial charge in [-0.15, -0.1) is 0 Å². The van der Waals surface area contributed by atoms with Gasteiger partial charge in [-0.25, -0.2) is 4.79 Å². The average Bonchev–Trinajstić information content (AvgIpc) is 2.70. The molecule has 0 aliphatic carbocycles. The molecule has 27 heavy (non-hydrogen) atoms. The Morgan fingerprint density at radius 1 is 1.07 bits per heavy atom. The molecule has 2 amide bonds. The molecule has 0 aromatic heterocycles. The Kier molecular flexibility index (Phi) is 7.13. The first kappa shape index (κ1) is 20.1. The van der Waals surface area contributed by atoms with Crippen molar-refractivity contribution in [1.29, 1.82) is 0 Å². The van der Waals surface area contributed by atoms with E-state index >= 15 is 0 Å². The maximum atomic E-state index is 13.0. The number of carbonyl (C=O) groups is 2. The molecule has 1 unspecified atom stereocenters. The monoisotopic (exact) mass is 437 g/mol. The first-order valence-electron chi connectivity index (χ1n) is 9.74. The van der Waals surface area contributed by atoms with Crippen LogP contribution in [0.3, 0.4) is 0 Å². The molecule has 2 aliphatic heterocycles. The molecule has 1 aromatic carbocycles. The van der Waals surface area contributed by atoms with Gasteiger partial charge in [-0.3, -0.25) is 9.69 Å². The molecule has 3 rings (SSSR count). The van der Waals surface area contributed by atoms with Crippen molar-refractivity contribution in [1.82, 2.24) is 14.7 Å². The van der Waals surface area contributed by atoms with Crippen LogP contribution in [-0.4, -0.2) is 72.6 Å². The van der Waals surface area contributed by atoms with Gasteiger partial charge in [0.1, 0.15) is 0 Å². The number of amides is 2. The van der Waals surface area contributed by atoms with E-state index in [-0.39, 0.29) is 17.9 Å². The number of piperazine rings is 1. The van der Waals surface area contributed by atoms with Crippen LogP contribution in [0.15, 0.2) is 28.7 Å². The summed E-state index contributed by atoms with van der Waals surface area (Å²) >= 11 is 3.47. The summed E-state index contributed by atoms with van der Waals surface area (Å²) in [4.78, 5) is 30.7. The highest BCUT2D eigenvalue weighted by Gasteiger charge is 2.32. The van der Waals surface area contributed by atoms with Crippen LogP contribution >= 0.6 is 15.9 Å². The van der Waals surface area contributed by atoms with Crippen LogP contribution in [0.25, 0.3) is 0 Å². The molecular weight excluding hydrogens is 410 g/mol. The average molecular weight is 438 g/mol. The van der Waals surface area contributed by atoms with Crippen LogP contribution < -0.4 is 0 Å². The molecule has 2 fully saturated rings. The molecule has 0 bridgehead atoms. The highest BCUT2D eigenvalue weighted by Crippen LogP contribution is 2.22. The lowest BCUT2D eigenvalue weighted by atomic mass is 9.95. The summed E-state index contributed by atoms with van der Waals surface area (Å²) in [6.07, 6.45) is 1.73. The summed E-state index contributed by atoms with van der Waals surface area (Å²) in [5.41, 5.74) is 1.27. The van der Waals surface area contributed by atoms with Gasteiger partial charge >= 0.3 is 6.09 Å². The van der Waals surface area contributed by atoms with Gasteiger partial charge in [0.15, 0.2) is 0 Å². The molecule has 6 nitrogen and oxygen atoms in total. The molecule has 0 saturated carbocycles. The lowest BCUT2D eigenvalue weighted by molar-refractivity contribution is -0.139. The summed E-state index contributed by atoms with van der Waals surface area (Å²) in [6.45, 7) is 7.23. The molecule has 2 aliphatic rings. The molecule has 0 N–H and O–H groups in total. The molecule has 148 valence electrons. The Balaban J connectivity index is 1.50. The SMILES string of the molecule is CCOC(=O)N1CCN(C(=O)C2CCCN(Cc3ccc(Br)cc3)C2)CC1. The van der Waals surface area contributed by atoms with Crippen LogP contribution in [0.1, 0.15) is 25.3 Å². The summed E-state index contributed by atoms with van der Waals surface area (Å²) in [6, 6.07) is 8.38. The van der Waals surface area contributed by atoms with Gasteiger partial charge in [0.05, 0.1) is 12.5 Å². The highest BCUT2D eigenvalue weighted by atomic mass is 79.9. The Morgan fingerprint density at radius 2 is 1.74 bits per heavy atom. The number of rotatable bonds is 4. The van der Waals surface area contributed by atoms with E-state index in [4.69, 9.17) is 4.74 Å². The van der Waals surface area contributed by atoms with E-state index in [0.29, 0.717) is 32.8 Å². The van der Waals surface area contributed by atoms with Gasteiger partial charge in [0.2, 0.25) is 5.91 Å². The predicted octanol–water partition coefficient (Wildman–Crippen LogP) is 2.96. The van der Waals surface area contributed by atoms with Crippen molar-refractivity contribution in [3.63, 3.8) is 0 Å². The number of hydrogen-bond acceptors (Lipinski definition) is 4. The van der Waals surface area contributed by atoms with E-state index in [2.05, 4.69) is 45.1 Å². The summed E-state index contributed by atoms with van der Waals surface area (Å²) in [5, 5.41) is 0. The zero-order valence-electron chi connectivity index (χ0n) is 15.9. The molecule has 0 spiro atoms. The van der Waals surface area contributed by atoms with Crippen LogP contribution in [0.4, 0.5) is 4.79 Å². The second-order valence-electron chi connectivity index (χ2n) is 7.21. The number of ether oxygens (including phenoxy) is 1. The van der Waals surface area contributed by atoms with Gasteiger partial charge in [-0.05, 0) is 44.0 Å². The van der Waals surface area contributed by atoms with E-state index in [0.717, 1.165) is 36.9 Å². The lowest BCUT2D eigenvalue weighted by Crippen LogP contribution is -2.53. The Morgan fingerprint density at radius 3 is 2.41 bits per heavy atom. The summed E-state index contributed by atoms with van der Waals surface area (Å²) < 4.78 is 6.13. The lowest BCUT2D eigenvalue weighted by Gasteiger charge is -2.38. The maximum Gasteiger partial charge on any atom is 0.409 e. The fraction of sp³-hybridized carbons (Fsp3) is 0.600. The first-order valence-corrected chi connectivity index (χ1v) is 10.5. The van der Waals surface area contributed by atoms with Gasteiger partial charge in [-0.2, -0.15) is 0 Å². The van der Waals surface area contributed by atoms with Crippen molar-refractivity contribution in [2.24, 2.45) is 5.92 Å². The van der Waals surface area contributed by atoms with Gasteiger partial charge < -0.3 is 14.5 Å². The van der Waals surface area contributed by atoms with Crippen molar-refractivity contribution in [3.05, 3.63) is 34.3 Å². The minimum absolute atomic E-state index is 0.0586. The maximum absolute atomic E-state index is 13.0. The van der Waals surface area contributed by atoms with Gasteiger partial charge in [0.25, 0.3) is 0 Å². The Hall–Kier alpha value is -1.60. The standard InChI is InChI=1S/C20H28BrN3O3/c1-2-27-20(26)24-12-10-23(11-13-24)19(25)17-4-3-9-22(15-17)14-16-5-7-18(21)8-6-16/h5-8,17H,2-4,9-15H2,1H3. The van der Waals surface area contributed by atoms with Gasteiger partial charge in [0, 0.05) is 43.7 Å². The van der Waals surface area contributed by atoms with Crippen molar-refractivity contribution in [2.45, 2.75) is 26.3 Å². The largest absolute Gasteiger partial charge is 0.450 e. The topological polar surface area (TPSA) is 53.1 Å². The van der Waals surface area contributed by atoms with E-state index in [1.54, 1.807) is 11.8 Å². The number of carbonyl (C=O) groups excluding carboxylic acids is 2. The van der Waals surface area contributed by atoms with Crippen molar-refractivity contribution >= 4 is 27.9 Å². The van der Waals surface area contributed by atoms with E-state index < -0.39 is 0 Å². The number of likely N-dealkylation sites (tertiary alicyclic amines) is 1. The normalized spacial score (nSPS) is 21.2. The van der Waals surface area contributed by atoms with Crippen LogP contribution in [0.5, 0.6) is 0 Å². The Labute approximate surface area is 169 Å². The van der Waals surface area contributed by atoms with Crippen LogP contribution in [0.2, 0.25) is 0 Å². The third-order valence-corrected chi connectivity index (χ3v) is 5.82. The minimum Gasteiger partial charge on any atom is -0.450 e. The second kappa shape index (κ2) is 9.55. The van der Waals surface area contributed by atoms with E-state index in [1.165, 1.54) is 5.56 Å². The molecule has 0 radical (unpaired) electrons. The van der Waals surface area contributed by atoms with Gasteiger partial charge in [-0.1, -0.05) is 28.1 Å². The zero-order chi connectivity index (χ0) is 19.2. The van der Waals surface area contributed by atoms with Crippen LogP contribution in [-0.2, 0) is 16.1 Å². The molecule has 1 atom stereocenters. The molecule has 7 heteroatoms. The highest BCUT2D eigenvalue weighted by molar-refractivity contribution is 9.10. The smallest absolute Gasteiger partial charge is 0.409 e. The summed E-state index contributed by atoms with van der Waals surface area (Å²) in [7, 11) is 0. The molecule has 2 heterocycles. The predicted molar refractivity (Wildman–Crippen MR) is 107 cm³/mol. The first-order chi connectivity index (χ1) is 13.1. The second-order valence-corrected chi connectivity index (χ2v) is 8.13. The number of halogens is 1.